The first-order chi connectivity index (χ1) is 26.9. The van der Waals surface area contributed by atoms with E-state index in [1.807, 2.05) is 49.4 Å². The number of rotatable bonds is 7. The molecule has 0 saturated heterocycles. The molecule has 5 aromatic rings. The third-order valence-electron chi connectivity index (χ3n) is 9.84. The van der Waals surface area contributed by atoms with Crippen molar-refractivity contribution in [3.05, 3.63) is 166 Å². The number of halogens is 4. The van der Waals surface area contributed by atoms with Crippen molar-refractivity contribution in [2.75, 3.05) is 6.61 Å². The Labute approximate surface area is 345 Å². The maximum absolute atomic E-state index is 11.4. The number of carboxylic acid groups (broad SMARTS) is 1. The number of Topliss-reactive ketones (excluding diaryl/α,β-unsaturated/α-hetero) is 1. The SMILES string of the molecule is CCOC(=O)CC1CCc2c(Cl)cccc21.O=C(O)/C=C/c1ccccc1Cl.O=C1CCc2c(Cl)cccc21.O=c1[nH]cc(CC2CCc3c(Cl)cccc32)[nH]1. The van der Waals surface area contributed by atoms with Gasteiger partial charge in [-0.2, -0.15) is 0 Å². The maximum atomic E-state index is 11.4. The Balaban J connectivity index is 0.000000145. The van der Waals surface area contributed by atoms with Crippen molar-refractivity contribution in [2.24, 2.45) is 0 Å². The molecule has 0 amide bonds. The van der Waals surface area contributed by atoms with E-state index in [1.165, 1.54) is 28.3 Å². The molecular formula is C44H42Cl4N2O6. The fourth-order valence-electron chi connectivity index (χ4n) is 7.20. The van der Waals surface area contributed by atoms with Crippen LogP contribution in [0.25, 0.3) is 6.08 Å². The van der Waals surface area contributed by atoms with E-state index in [0.717, 1.165) is 76.5 Å². The summed E-state index contributed by atoms with van der Waals surface area (Å²) in [6.45, 7) is 2.28. The van der Waals surface area contributed by atoms with Gasteiger partial charge in [-0.3, -0.25) is 9.59 Å². The molecule has 0 saturated carbocycles. The molecule has 8 nitrogen and oxygen atoms in total. The number of esters is 1. The van der Waals surface area contributed by atoms with E-state index in [2.05, 4.69) is 22.1 Å². The largest absolute Gasteiger partial charge is 0.478 e. The monoisotopic (exact) mass is 834 g/mol. The first kappa shape index (κ1) is 42.5. The Morgan fingerprint density at radius 2 is 1.34 bits per heavy atom. The quantitative estimate of drug-likeness (QED) is 0.111. The number of benzene rings is 4. The number of aromatic amines is 2. The summed E-state index contributed by atoms with van der Waals surface area (Å²) in [5.74, 6) is -0.111. The first-order valence-corrected chi connectivity index (χ1v) is 19.9. The summed E-state index contributed by atoms with van der Waals surface area (Å²) < 4.78 is 4.98. The number of imidazole rings is 1. The molecule has 2 atom stereocenters. The number of carboxylic acids is 1. The van der Waals surface area contributed by atoms with Crippen molar-refractivity contribution < 1.29 is 24.2 Å². The fourth-order valence-corrected chi connectivity index (χ4v) is 8.22. The molecule has 3 aliphatic rings. The molecule has 2 unspecified atom stereocenters. The summed E-state index contributed by atoms with van der Waals surface area (Å²) in [6, 6.07) is 24.6. The van der Waals surface area contributed by atoms with Crippen LogP contribution in [-0.2, 0) is 40.0 Å². The van der Waals surface area contributed by atoms with Gasteiger partial charge in [0.25, 0.3) is 0 Å². The van der Waals surface area contributed by atoms with Gasteiger partial charge >= 0.3 is 17.6 Å². The summed E-state index contributed by atoms with van der Waals surface area (Å²) in [5.41, 5.74) is 8.42. The zero-order valence-electron chi connectivity index (χ0n) is 30.8. The second kappa shape index (κ2) is 20.5. The molecule has 1 heterocycles. The number of ether oxygens (including phenoxy) is 1. The normalized spacial score (nSPS) is 16.0. The van der Waals surface area contributed by atoms with Crippen LogP contribution in [0.3, 0.4) is 0 Å². The molecule has 0 fully saturated rings. The number of aliphatic carboxylic acids is 1. The topological polar surface area (TPSA) is 129 Å². The summed E-state index contributed by atoms with van der Waals surface area (Å²) in [5, 5.41) is 11.3. The molecule has 0 bridgehead atoms. The Bertz CT molecular complexity index is 2260. The molecule has 0 radical (unpaired) electrons. The van der Waals surface area contributed by atoms with Crippen molar-refractivity contribution in [1.29, 1.82) is 0 Å². The fraction of sp³-hybridized carbons (Fsp3) is 0.273. The maximum Gasteiger partial charge on any atom is 0.328 e. The van der Waals surface area contributed by atoms with Gasteiger partial charge in [-0.25, -0.2) is 9.59 Å². The second-order valence-electron chi connectivity index (χ2n) is 13.4. The molecule has 1 aromatic heterocycles. The van der Waals surface area contributed by atoms with Crippen LogP contribution in [0, 0.1) is 0 Å². The van der Waals surface area contributed by atoms with E-state index in [4.69, 9.17) is 56.2 Å². The number of fused-ring (bicyclic) bond motifs is 3. The van der Waals surface area contributed by atoms with Crippen LogP contribution in [0.5, 0.6) is 0 Å². The minimum atomic E-state index is -0.977. The Kier molecular flexibility index (Phi) is 15.6. The highest BCUT2D eigenvalue weighted by Crippen LogP contribution is 2.40. The number of ketones is 1. The smallest absolute Gasteiger partial charge is 0.328 e. The number of nitrogens with one attached hydrogen (secondary N) is 2. The van der Waals surface area contributed by atoms with Crippen LogP contribution in [0.4, 0.5) is 0 Å². The summed E-state index contributed by atoms with van der Waals surface area (Å²) in [6.07, 6.45) is 11.2. The molecule has 292 valence electrons. The lowest BCUT2D eigenvalue weighted by Crippen LogP contribution is -2.08. The van der Waals surface area contributed by atoms with Crippen LogP contribution in [0.1, 0.15) is 93.9 Å². The molecule has 3 N–H and O–H groups in total. The third-order valence-corrected chi connectivity index (χ3v) is 11.3. The Morgan fingerprint density at radius 1 is 0.750 bits per heavy atom. The van der Waals surface area contributed by atoms with Crippen LogP contribution >= 0.6 is 46.4 Å². The lowest BCUT2D eigenvalue weighted by molar-refractivity contribution is -0.143. The van der Waals surface area contributed by atoms with Gasteiger partial charge < -0.3 is 19.8 Å². The van der Waals surface area contributed by atoms with Crippen LogP contribution < -0.4 is 5.69 Å². The summed E-state index contributed by atoms with van der Waals surface area (Å²) in [4.78, 5) is 49.2. The molecular weight excluding hydrogens is 794 g/mol. The van der Waals surface area contributed by atoms with E-state index < -0.39 is 5.97 Å². The number of hydrogen-bond acceptors (Lipinski definition) is 5. The lowest BCUT2D eigenvalue weighted by atomic mass is 9.96. The highest BCUT2D eigenvalue weighted by Gasteiger charge is 2.27. The second-order valence-corrected chi connectivity index (χ2v) is 15.1. The van der Waals surface area contributed by atoms with Crippen molar-refractivity contribution >= 4 is 70.2 Å². The zero-order valence-corrected chi connectivity index (χ0v) is 33.8. The molecule has 12 heteroatoms. The van der Waals surface area contributed by atoms with E-state index in [-0.39, 0.29) is 23.4 Å². The summed E-state index contributed by atoms with van der Waals surface area (Å²) in [7, 11) is 0. The number of carbonyl (C=O) groups excluding carboxylic acids is 2. The predicted octanol–water partition coefficient (Wildman–Crippen LogP) is 10.9. The van der Waals surface area contributed by atoms with E-state index in [9.17, 15) is 19.2 Å². The predicted molar refractivity (Wildman–Crippen MR) is 224 cm³/mol. The Morgan fingerprint density at radius 3 is 1.93 bits per heavy atom. The van der Waals surface area contributed by atoms with Gasteiger partial charge in [0, 0.05) is 50.0 Å². The minimum Gasteiger partial charge on any atom is -0.478 e. The van der Waals surface area contributed by atoms with Gasteiger partial charge in [-0.05, 0) is 121 Å². The van der Waals surface area contributed by atoms with Gasteiger partial charge in [-0.1, -0.05) is 101 Å². The van der Waals surface area contributed by atoms with Crippen molar-refractivity contribution in [1.82, 2.24) is 9.97 Å². The van der Waals surface area contributed by atoms with E-state index in [1.54, 1.807) is 30.5 Å². The van der Waals surface area contributed by atoms with Crippen LogP contribution in [-0.4, -0.2) is 39.4 Å². The molecule has 3 aliphatic carbocycles. The Hall–Kier alpha value is -4.60. The number of carbonyl (C=O) groups is 3. The van der Waals surface area contributed by atoms with Crippen LogP contribution in [0.15, 0.2) is 95.9 Å². The first-order valence-electron chi connectivity index (χ1n) is 18.4. The zero-order chi connectivity index (χ0) is 40.2. The van der Waals surface area contributed by atoms with Gasteiger partial charge in [0.2, 0.25) is 0 Å². The van der Waals surface area contributed by atoms with Gasteiger partial charge in [0.05, 0.1) is 13.0 Å². The average Bonchev–Trinajstić information content (AvgIpc) is 3.98. The molecule has 0 aliphatic heterocycles. The van der Waals surface area contributed by atoms with Crippen molar-refractivity contribution in [2.45, 2.75) is 70.1 Å². The van der Waals surface area contributed by atoms with Gasteiger partial charge in [-0.15, -0.1) is 0 Å². The molecule has 8 rings (SSSR count). The van der Waals surface area contributed by atoms with Gasteiger partial charge in [0.1, 0.15) is 0 Å². The van der Waals surface area contributed by atoms with E-state index >= 15 is 0 Å². The lowest BCUT2D eigenvalue weighted by Gasteiger charge is -2.10. The minimum absolute atomic E-state index is 0.111. The van der Waals surface area contributed by atoms with Crippen LogP contribution in [0.2, 0.25) is 20.1 Å². The summed E-state index contributed by atoms with van der Waals surface area (Å²) >= 11 is 23.9. The highest BCUT2D eigenvalue weighted by atomic mass is 35.5. The van der Waals surface area contributed by atoms with E-state index in [0.29, 0.717) is 36.0 Å². The number of aromatic nitrogens is 2. The standard InChI is InChI=1S/C13H13ClN2O.C13H15ClO2.C9H7ClO2.C9H7ClO/c14-12-3-1-2-10-8(4-5-11(10)12)6-9-7-15-13(17)16-9;1-2-16-13(15)8-9-6-7-11-10(9)4-3-5-12(11)14;10-8-4-2-1-3-7(8)5-6-9(11)12;10-8-3-1-2-7-6(8)4-5-9(7)11/h1-3,7-8H,4-6H2,(H2,15,16,17);3-5,9H,2,6-8H2,1H3;1-6H,(H,11,12);1-3H,4-5H2/b;;6-5+;. The molecule has 4 aromatic carbocycles. The average molecular weight is 837 g/mol. The van der Waals surface area contributed by atoms with Crippen molar-refractivity contribution in [3.8, 4) is 0 Å². The number of H-pyrrole nitrogens is 2. The molecule has 56 heavy (non-hydrogen) atoms. The number of hydrogen-bond donors (Lipinski definition) is 3. The highest BCUT2D eigenvalue weighted by molar-refractivity contribution is 6.33. The third kappa shape index (κ3) is 11.5. The molecule has 0 spiro atoms. The van der Waals surface area contributed by atoms with Crippen molar-refractivity contribution in [3.63, 3.8) is 0 Å². The van der Waals surface area contributed by atoms with Gasteiger partial charge in [0.15, 0.2) is 5.78 Å².